The molecule has 0 saturated heterocycles. The third-order valence-corrected chi connectivity index (χ3v) is 3.02. The molecule has 0 aliphatic rings. The van der Waals surface area contributed by atoms with Gasteiger partial charge in [0.25, 0.3) is 0 Å². The zero-order chi connectivity index (χ0) is 13.8. The molecule has 4 heteroatoms. The Kier molecular flexibility index (Phi) is 3.56. The molecule has 0 saturated carbocycles. The van der Waals surface area contributed by atoms with Crippen LogP contribution in [0.2, 0.25) is 0 Å². The van der Waals surface area contributed by atoms with E-state index in [4.69, 9.17) is 4.74 Å². The molecule has 0 unspecified atom stereocenters. The normalized spacial score (nSPS) is 10.7. The van der Waals surface area contributed by atoms with Crippen molar-refractivity contribution in [2.24, 2.45) is 0 Å². The van der Waals surface area contributed by atoms with Gasteiger partial charge in [0, 0.05) is 11.9 Å². The largest absolute Gasteiger partial charge is 0.455 e. The Morgan fingerprint density at radius 1 is 1.10 bits per heavy atom. The summed E-state index contributed by atoms with van der Waals surface area (Å²) in [6, 6.07) is 15.8. The van der Waals surface area contributed by atoms with Crippen molar-refractivity contribution in [1.82, 2.24) is 15.5 Å². The van der Waals surface area contributed by atoms with Crippen LogP contribution in [-0.2, 0) is 6.54 Å². The summed E-state index contributed by atoms with van der Waals surface area (Å²) >= 11 is 0. The molecule has 0 fully saturated rings. The Bertz CT molecular complexity index is 722. The molecule has 20 heavy (non-hydrogen) atoms. The number of nitrogens with zero attached hydrogens (tertiary/aromatic N) is 2. The maximum Gasteiger partial charge on any atom is 0.156 e. The maximum atomic E-state index is 5.95. The first-order valence-electron chi connectivity index (χ1n) is 6.48. The van der Waals surface area contributed by atoms with E-state index in [0.717, 1.165) is 28.9 Å². The van der Waals surface area contributed by atoms with Gasteiger partial charge in [0.05, 0.1) is 11.7 Å². The monoisotopic (exact) mass is 265 g/mol. The van der Waals surface area contributed by atoms with Crippen molar-refractivity contribution >= 4 is 10.9 Å². The van der Waals surface area contributed by atoms with Crippen molar-refractivity contribution in [2.75, 3.05) is 7.05 Å². The average molecular weight is 265 g/mol. The fraction of sp³-hybridized carbons (Fsp3) is 0.125. The van der Waals surface area contributed by atoms with E-state index >= 15 is 0 Å². The van der Waals surface area contributed by atoms with Crippen LogP contribution in [0.25, 0.3) is 10.9 Å². The molecule has 3 rings (SSSR count). The zero-order valence-corrected chi connectivity index (χ0v) is 11.2. The van der Waals surface area contributed by atoms with E-state index < -0.39 is 0 Å². The summed E-state index contributed by atoms with van der Waals surface area (Å²) in [6.45, 7) is 0.812. The SMILES string of the molecule is CNCc1cccc(Oc2cnnc3ccccc23)c1. The summed E-state index contributed by atoms with van der Waals surface area (Å²) in [5.74, 6) is 1.52. The fourth-order valence-corrected chi connectivity index (χ4v) is 2.11. The minimum Gasteiger partial charge on any atom is -0.455 e. The van der Waals surface area contributed by atoms with Gasteiger partial charge in [-0.1, -0.05) is 24.3 Å². The first kappa shape index (κ1) is 12.6. The van der Waals surface area contributed by atoms with Gasteiger partial charge in [-0.05, 0) is 36.9 Å². The fourth-order valence-electron chi connectivity index (χ4n) is 2.11. The lowest BCUT2D eigenvalue weighted by Gasteiger charge is -2.09. The van der Waals surface area contributed by atoms with Crippen LogP contribution < -0.4 is 10.1 Å². The molecule has 4 nitrogen and oxygen atoms in total. The van der Waals surface area contributed by atoms with Crippen LogP contribution in [-0.4, -0.2) is 17.2 Å². The zero-order valence-electron chi connectivity index (χ0n) is 11.2. The van der Waals surface area contributed by atoms with Gasteiger partial charge in [0.1, 0.15) is 5.75 Å². The van der Waals surface area contributed by atoms with E-state index in [0.29, 0.717) is 0 Å². The van der Waals surface area contributed by atoms with Gasteiger partial charge >= 0.3 is 0 Å². The minimum atomic E-state index is 0.720. The van der Waals surface area contributed by atoms with Crippen molar-refractivity contribution in [3.63, 3.8) is 0 Å². The van der Waals surface area contributed by atoms with E-state index in [-0.39, 0.29) is 0 Å². The van der Waals surface area contributed by atoms with Crippen molar-refractivity contribution < 1.29 is 4.74 Å². The van der Waals surface area contributed by atoms with Gasteiger partial charge < -0.3 is 10.1 Å². The molecule has 1 heterocycles. The Labute approximate surface area is 117 Å². The number of benzene rings is 2. The van der Waals surface area contributed by atoms with Crippen LogP contribution in [0.3, 0.4) is 0 Å². The summed E-state index contributed by atoms with van der Waals surface area (Å²) in [5.41, 5.74) is 2.01. The third kappa shape index (κ3) is 2.60. The molecule has 1 aromatic heterocycles. The summed E-state index contributed by atoms with van der Waals surface area (Å²) in [5, 5.41) is 12.2. The molecule has 0 radical (unpaired) electrons. The second kappa shape index (κ2) is 5.67. The molecule has 100 valence electrons. The van der Waals surface area contributed by atoms with Gasteiger partial charge in [-0.25, -0.2) is 0 Å². The van der Waals surface area contributed by atoms with Crippen LogP contribution >= 0.6 is 0 Å². The first-order valence-corrected chi connectivity index (χ1v) is 6.48. The third-order valence-electron chi connectivity index (χ3n) is 3.02. The van der Waals surface area contributed by atoms with E-state index in [1.165, 1.54) is 5.56 Å². The number of fused-ring (bicyclic) bond motifs is 1. The van der Waals surface area contributed by atoms with Crippen molar-refractivity contribution in [2.45, 2.75) is 6.54 Å². The second-order valence-corrected chi connectivity index (χ2v) is 4.51. The Morgan fingerprint density at radius 2 is 2.00 bits per heavy atom. The summed E-state index contributed by atoms with van der Waals surface area (Å²) in [6.07, 6.45) is 1.65. The number of nitrogens with one attached hydrogen (secondary N) is 1. The molecule has 1 N–H and O–H groups in total. The number of rotatable bonds is 4. The molecule has 0 aliphatic carbocycles. The van der Waals surface area contributed by atoms with Crippen LogP contribution in [0.15, 0.2) is 54.7 Å². The smallest absolute Gasteiger partial charge is 0.156 e. The molecule has 3 aromatic rings. The lowest BCUT2D eigenvalue weighted by molar-refractivity contribution is 0.484. The maximum absolute atomic E-state index is 5.95. The number of hydrogen-bond donors (Lipinski definition) is 1. The van der Waals surface area contributed by atoms with Gasteiger partial charge in [-0.2, -0.15) is 10.2 Å². The first-order chi connectivity index (χ1) is 9.86. The van der Waals surface area contributed by atoms with Gasteiger partial charge in [-0.3, -0.25) is 0 Å². The van der Waals surface area contributed by atoms with Crippen molar-refractivity contribution in [1.29, 1.82) is 0 Å². The van der Waals surface area contributed by atoms with Crippen molar-refractivity contribution in [3.05, 3.63) is 60.3 Å². The molecule has 0 atom stereocenters. The predicted octanol–water partition coefficient (Wildman–Crippen LogP) is 3.14. The lowest BCUT2D eigenvalue weighted by Crippen LogP contribution is -2.04. The number of aromatic nitrogens is 2. The highest BCUT2D eigenvalue weighted by molar-refractivity contribution is 5.84. The Balaban J connectivity index is 1.95. The Morgan fingerprint density at radius 3 is 2.90 bits per heavy atom. The number of ether oxygens (including phenoxy) is 1. The quantitative estimate of drug-likeness (QED) is 0.787. The van der Waals surface area contributed by atoms with E-state index in [1.807, 2.05) is 49.5 Å². The molecule has 2 aromatic carbocycles. The topological polar surface area (TPSA) is 47.0 Å². The van der Waals surface area contributed by atoms with Crippen LogP contribution in [0.1, 0.15) is 5.56 Å². The molecular formula is C16H15N3O. The molecular weight excluding hydrogens is 250 g/mol. The number of hydrogen-bond acceptors (Lipinski definition) is 4. The lowest BCUT2D eigenvalue weighted by atomic mass is 10.2. The summed E-state index contributed by atoms with van der Waals surface area (Å²) < 4.78 is 5.95. The molecule has 0 bridgehead atoms. The van der Waals surface area contributed by atoms with Crippen molar-refractivity contribution in [3.8, 4) is 11.5 Å². The molecule has 0 amide bonds. The van der Waals surface area contributed by atoms with E-state index in [1.54, 1.807) is 6.20 Å². The van der Waals surface area contributed by atoms with Crippen LogP contribution in [0.5, 0.6) is 11.5 Å². The van der Waals surface area contributed by atoms with Crippen LogP contribution in [0, 0.1) is 0 Å². The van der Waals surface area contributed by atoms with Gasteiger partial charge in [-0.15, -0.1) is 0 Å². The summed E-state index contributed by atoms with van der Waals surface area (Å²) in [7, 11) is 1.92. The second-order valence-electron chi connectivity index (χ2n) is 4.51. The van der Waals surface area contributed by atoms with E-state index in [9.17, 15) is 0 Å². The Hall–Kier alpha value is -2.46. The predicted molar refractivity (Wildman–Crippen MR) is 78.8 cm³/mol. The molecule has 0 spiro atoms. The average Bonchev–Trinajstić information content (AvgIpc) is 2.48. The van der Waals surface area contributed by atoms with Gasteiger partial charge in [0.15, 0.2) is 5.75 Å². The van der Waals surface area contributed by atoms with Gasteiger partial charge in [0.2, 0.25) is 0 Å². The summed E-state index contributed by atoms with van der Waals surface area (Å²) in [4.78, 5) is 0. The standard InChI is InChI=1S/C16H15N3O/c1-17-10-12-5-4-6-13(9-12)20-16-11-18-19-15-8-3-2-7-14(15)16/h2-9,11,17H,10H2,1H3. The molecule has 0 aliphatic heterocycles. The highest BCUT2D eigenvalue weighted by Gasteiger charge is 2.05. The van der Waals surface area contributed by atoms with Crippen LogP contribution in [0.4, 0.5) is 0 Å². The van der Waals surface area contributed by atoms with E-state index in [2.05, 4.69) is 21.6 Å². The highest BCUT2D eigenvalue weighted by Crippen LogP contribution is 2.28. The highest BCUT2D eigenvalue weighted by atomic mass is 16.5. The minimum absolute atomic E-state index is 0.720.